The summed E-state index contributed by atoms with van der Waals surface area (Å²) < 4.78 is 41.1. The third-order valence-corrected chi connectivity index (χ3v) is 2.50. The number of nitrogens with one attached hydrogen (secondary N) is 1. The highest BCUT2D eigenvalue weighted by Crippen LogP contribution is 2.19. The summed E-state index contributed by atoms with van der Waals surface area (Å²) in [7, 11) is 0. The molecule has 20 heavy (non-hydrogen) atoms. The summed E-state index contributed by atoms with van der Waals surface area (Å²) in [6.07, 6.45) is -7.44. The second-order valence-electron chi connectivity index (χ2n) is 3.92. The van der Waals surface area contributed by atoms with Gasteiger partial charge in [0.15, 0.2) is 6.10 Å². The molecule has 8 heteroatoms. The number of halogens is 4. The number of hydrogen-bond donors (Lipinski definition) is 2. The second kappa shape index (κ2) is 7.35. The van der Waals surface area contributed by atoms with Crippen LogP contribution in [0.4, 0.5) is 13.2 Å². The highest BCUT2D eigenvalue weighted by atomic mass is 35.5. The van der Waals surface area contributed by atoms with Crippen molar-refractivity contribution in [3.63, 3.8) is 0 Å². The van der Waals surface area contributed by atoms with E-state index in [9.17, 15) is 18.0 Å². The summed E-state index contributed by atoms with van der Waals surface area (Å²) in [5, 5.41) is 11.1. The van der Waals surface area contributed by atoms with Gasteiger partial charge in [0, 0.05) is 5.02 Å². The molecule has 0 aliphatic heterocycles. The average molecular weight is 312 g/mol. The number of ether oxygens (including phenoxy) is 1. The predicted octanol–water partition coefficient (Wildman–Crippen LogP) is 2.15. The molecule has 0 radical (unpaired) electrons. The van der Waals surface area contributed by atoms with Gasteiger partial charge in [-0.3, -0.25) is 4.79 Å². The van der Waals surface area contributed by atoms with Crippen molar-refractivity contribution in [3.05, 3.63) is 29.3 Å². The zero-order chi connectivity index (χ0) is 15.2. The maximum Gasteiger partial charge on any atom is 0.416 e. The van der Waals surface area contributed by atoms with Crippen molar-refractivity contribution in [2.24, 2.45) is 0 Å². The van der Waals surface area contributed by atoms with E-state index in [4.69, 9.17) is 21.4 Å². The minimum atomic E-state index is -4.75. The zero-order valence-corrected chi connectivity index (χ0v) is 11.0. The molecule has 0 saturated heterocycles. The number of alkyl halides is 3. The average Bonchev–Trinajstić information content (AvgIpc) is 2.35. The minimum Gasteiger partial charge on any atom is -0.493 e. The number of carbonyl (C=O) groups is 1. The van der Waals surface area contributed by atoms with Crippen LogP contribution in [0.3, 0.4) is 0 Å². The monoisotopic (exact) mass is 311 g/mol. The van der Waals surface area contributed by atoms with E-state index in [-0.39, 0.29) is 13.0 Å². The van der Waals surface area contributed by atoms with Crippen molar-refractivity contribution in [1.82, 2.24) is 5.32 Å². The Morgan fingerprint density at radius 1 is 1.45 bits per heavy atom. The van der Waals surface area contributed by atoms with Gasteiger partial charge in [-0.1, -0.05) is 17.7 Å². The molecule has 0 aliphatic rings. The van der Waals surface area contributed by atoms with Gasteiger partial charge >= 0.3 is 6.18 Å². The number of hydrogen-bond acceptors (Lipinski definition) is 3. The lowest BCUT2D eigenvalue weighted by Gasteiger charge is -2.15. The van der Waals surface area contributed by atoms with E-state index in [0.29, 0.717) is 10.8 Å². The van der Waals surface area contributed by atoms with E-state index in [1.165, 1.54) is 0 Å². The molecule has 1 atom stereocenters. The van der Waals surface area contributed by atoms with Crippen LogP contribution >= 0.6 is 11.6 Å². The molecule has 0 aliphatic carbocycles. The van der Waals surface area contributed by atoms with Crippen molar-refractivity contribution in [2.75, 3.05) is 13.2 Å². The van der Waals surface area contributed by atoms with E-state index in [1.807, 2.05) is 5.32 Å². The fraction of sp³-hybridized carbons (Fsp3) is 0.417. The quantitative estimate of drug-likeness (QED) is 0.846. The van der Waals surface area contributed by atoms with Crippen molar-refractivity contribution >= 4 is 17.5 Å². The van der Waals surface area contributed by atoms with Gasteiger partial charge in [-0.15, -0.1) is 0 Å². The number of benzene rings is 1. The third-order valence-electron chi connectivity index (χ3n) is 2.26. The van der Waals surface area contributed by atoms with Crippen molar-refractivity contribution in [1.29, 1.82) is 0 Å². The first-order valence-electron chi connectivity index (χ1n) is 5.69. The van der Waals surface area contributed by atoms with E-state index in [2.05, 4.69) is 0 Å². The molecule has 112 valence electrons. The van der Waals surface area contributed by atoms with E-state index >= 15 is 0 Å². The molecule has 0 fully saturated rings. The Hall–Kier alpha value is -1.47. The number of aliphatic hydroxyl groups is 1. The molecule has 1 aromatic carbocycles. The maximum absolute atomic E-state index is 12.0. The van der Waals surface area contributed by atoms with E-state index in [0.717, 1.165) is 0 Å². The highest BCUT2D eigenvalue weighted by Gasteiger charge is 2.38. The molecule has 4 nitrogen and oxygen atoms in total. The number of rotatable bonds is 6. The molecule has 1 amide bonds. The molecule has 0 bridgehead atoms. The van der Waals surface area contributed by atoms with Gasteiger partial charge in [0.05, 0.1) is 19.6 Å². The zero-order valence-electron chi connectivity index (χ0n) is 10.3. The Morgan fingerprint density at radius 3 is 2.75 bits per heavy atom. The highest BCUT2D eigenvalue weighted by molar-refractivity contribution is 6.30. The number of carbonyl (C=O) groups excluding carboxylic acids is 1. The molecule has 1 rings (SSSR count). The Balaban J connectivity index is 2.24. The first kappa shape index (κ1) is 16.6. The third kappa shape index (κ3) is 6.12. The van der Waals surface area contributed by atoms with Crippen molar-refractivity contribution in [2.45, 2.75) is 18.7 Å². The SMILES string of the molecule is O=C(CCOc1cccc(Cl)c1)NCC(O)C(F)(F)F. The summed E-state index contributed by atoms with van der Waals surface area (Å²) >= 11 is 5.72. The molecule has 0 saturated carbocycles. The van der Waals surface area contributed by atoms with Gasteiger partial charge in [-0.25, -0.2) is 0 Å². The van der Waals surface area contributed by atoms with Crippen molar-refractivity contribution < 1.29 is 27.8 Å². The Bertz CT molecular complexity index is 454. The standard InChI is InChI=1S/C12H13ClF3NO3/c13-8-2-1-3-9(6-8)20-5-4-11(19)17-7-10(18)12(14,15)16/h1-3,6,10,18H,4-5,7H2,(H,17,19). The van der Waals surface area contributed by atoms with Gasteiger partial charge in [-0.05, 0) is 18.2 Å². The number of aliphatic hydroxyl groups excluding tert-OH is 1. The lowest BCUT2D eigenvalue weighted by Crippen LogP contribution is -2.40. The Morgan fingerprint density at radius 2 is 2.15 bits per heavy atom. The normalized spacial score (nSPS) is 12.8. The summed E-state index contributed by atoms with van der Waals surface area (Å²) in [6.45, 7) is -0.881. The molecule has 1 aromatic rings. The summed E-state index contributed by atoms with van der Waals surface area (Å²) in [5.41, 5.74) is 0. The first-order valence-corrected chi connectivity index (χ1v) is 6.06. The molecule has 0 aromatic heterocycles. The van der Waals surface area contributed by atoms with Crippen LogP contribution < -0.4 is 10.1 Å². The van der Waals surface area contributed by atoms with Crippen LogP contribution in [-0.2, 0) is 4.79 Å². The molecule has 0 heterocycles. The van der Waals surface area contributed by atoms with E-state index in [1.54, 1.807) is 24.3 Å². The van der Waals surface area contributed by atoms with Crippen LogP contribution in [0, 0.1) is 0 Å². The molecule has 0 spiro atoms. The van der Waals surface area contributed by atoms with Gasteiger partial charge in [0.2, 0.25) is 5.91 Å². The summed E-state index contributed by atoms with van der Waals surface area (Å²) in [5.74, 6) is -0.184. The topological polar surface area (TPSA) is 58.6 Å². The molecule has 1 unspecified atom stereocenters. The van der Waals surface area contributed by atoms with Crippen LogP contribution in [0.1, 0.15) is 6.42 Å². The van der Waals surface area contributed by atoms with Crippen molar-refractivity contribution in [3.8, 4) is 5.75 Å². The lowest BCUT2D eigenvalue weighted by atomic mass is 10.3. The Kier molecular flexibility index (Phi) is 6.09. The predicted molar refractivity (Wildman–Crippen MR) is 66.6 cm³/mol. The van der Waals surface area contributed by atoms with Crippen LogP contribution in [-0.4, -0.2) is 36.4 Å². The lowest BCUT2D eigenvalue weighted by molar-refractivity contribution is -0.201. The van der Waals surface area contributed by atoms with E-state index < -0.39 is 24.7 Å². The van der Waals surface area contributed by atoms with Gasteiger partial charge in [0.25, 0.3) is 0 Å². The maximum atomic E-state index is 12.0. The molecular weight excluding hydrogens is 299 g/mol. The van der Waals surface area contributed by atoms with Crippen LogP contribution in [0.5, 0.6) is 5.75 Å². The fourth-order valence-electron chi connectivity index (χ4n) is 1.23. The fourth-order valence-corrected chi connectivity index (χ4v) is 1.41. The van der Waals surface area contributed by atoms with Gasteiger partial charge < -0.3 is 15.2 Å². The number of amides is 1. The van der Waals surface area contributed by atoms with Crippen LogP contribution in [0.2, 0.25) is 5.02 Å². The largest absolute Gasteiger partial charge is 0.493 e. The van der Waals surface area contributed by atoms with Gasteiger partial charge in [-0.2, -0.15) is 13.2 Å². The van der Waals surface area contributed by atoms with Crippen LogP contribution in [0.25, 0.3) is 0 Å². The minimum absolute atomic E-state index is 0.00567. The van der Waals surface area contributed by atoms with Crippen LogP contribution in [0.15, 0.2) is 24.3 Å². The smallest absolute Gasteiger partial charge is 0.416 e. The summed E-state index contributed by atoms with van der Waals surface area (Å²) in [4.78, 5) is 11.2. The first-order chi connectivity index (χ1) is 9.29. The Labute approximate surface area is 118 Å². The molecule has 2 N–H and O–H groups in total. The molecular formula is C12H13ClF3NO3. The second-order valence-corrected chi connectivity index (χ2v) is 4.35. The summed E-state index contributed by atoms with van der Waals surface area (Å²) in [6, 6.07) is 6.50. The van der Waals surface area contributed by atoms with Gasteiger partial charge in [0.1, 0.15) is 5.75 Å².